The van der Waals surface area contributed by atoms with E-state index in [0.717, 1.165) is 29.0 Å². The molecule has 2 atom stereocenters. The molecule has 1 saturated heterocycles. The van der Waals surface area contributed by atoms with E-state index in [1.54, 1.807) is 19.2 Å². The topological polar surface area (TPSA) is 105 Å². The highest BCUT2D eigenvalue weighted by atomic mass is 35.5. The van der Waals surface area contributed by atoms with Gasteiger partial charge in [0.1, 0.15) is 9.84 Å². The Labute approximate surface area is 206 Å². The summed E-state index contributed by atoms with van der Waals surface area (Å²) in [5.74, 6) is -0.427. The van der Waals surface area contributed by atoms with Gasteiger partial charge in [-0.1, -0.05) is 24.6 Å². The van der Waals surface area contributed by atoms with E-state index < -0.39 is 15.8 Å². The zero-order valence-corrected chi connectivity index (χ0v) is 21.2. The molecular weight excluding hydrogens is 476 g/mol. The lowest BCUT2D eigenvalue weighted by Crippen LogP contribution is -2.35. The second kappa shape index (κ2) is 11.9. The first-order valence-corrected chi connectivity index (χ1v) is 13.7. The van der Waals surface area contributed by atoms with Crippen LogP contribution in [0.15, 0.2) is 42.5 Å². The summed E-state index contributed by atoms with van der Waals surface area (Å²) in [6.07, 6.45) is 2.13. The van der Waals surface area contributed by atoms with Gasteiger partial charge in [0.2, 0.25) is 0 Å². The molecule has 1 fully saturated rings. The molecular formula is C25H33ClN2O5S. The summed E-state index contributed by atoms with van der Waals surface area (Å²) >= 11 is 6.04. The van der Waals surface area contributed by atoms with Crippen LogP contribution in [-0.4, -0.2) is 50.8 Å². The monoisotopic (exact) mass is 508 g/mol. The highest BCUT2D eigenvalue weighted by molar-refractivity contribution is 7.91. The van der Waals surface area contributed by atoms with Crippen molar-refractivity contribution in [3.8, 4) is 0 Å². The largest absolute Gasteiger partial charge is 0.481 e. The van der Waals surface area contributed by atoms with Gasteiger partial charge < -0.3 is 20.5 Å². The molecule has 0 radical (unpaired) electrons. The third kappa shape index (κ3) is 7.35. The predicted molar refractivity (Wildman–Crippen MR) is 137 cm³/mol. The van der Waals surface area contributed by atoms with Gasteiger partial charge >= 0.3 is 5.97 Å². The van der Waals surface area contributed by atoms with Crippen molar-refractivity contribution in [1.82, 2.24) is 0 Å². The quantitative estimate of drug-likeness (QED) is 0.378. The molecule has 0 aliphatic carbocycles. The maximum absolute atomic E-state index is 11.9. The van der Waals surface area contributed by atoms with Crippen molar-refractivity contribution in [2.75, 3.05) is 35.9 Å². The highest BCUT2D eigenvalue weighted by Gasteiger charge is 2.29. The van der Waals surface area contributed by atoms with Gasteiger partial charge in [0.15, 0.2) is 0 Å². The van der Waals surface area contributed by atoms with Crippen molar-refractivity contribution in [2.45, 2.75) is 44.6 Å². The average Bonchev–Trinajstić information content (AvgIpc) is 2.79. The fraction of sp³-hybridized carbons (Fsp3) is 0.480. The Morgan fingerprint density at radius 2 is 1.82 bits per heavy atom. The van der Waals surface area contributed by atoms with Gasteiger partial charge in [0, 0.05) is 29.8 Å². The molecule has 2 unspecified atom stereocenters. The van der Waals surface area contributed by atoms with Gasteiger partial charge in [-0.25, -0.2) is 8.42 Å². The molecule has 0 amide bonds. The summed E-state index contributed by atoms with van der Waals surface area (Å²) in [6.45, 7) is 2.40. The van der Waals surface area contributed by atoms with Crippen molar-refractivity contribution < 1.29 is 23.1 Å². The smallest absolute Gasteiger partial charge is 0.304 e. The van der Waals surface area contributed by atoms with Crippen molar-refractivity contribution in [1.29, 1.82) is 0 Å². The molecule has 0 bridgehead atoms. The fourth-order valence-electron chi connectivity index (χ4n) is 4.48. The van der Waals surface area contributed by atoms with E-state index in [2.05, 4.69) is 17.6 Å². The molecule has 1 aliphatic rings. The molecule has 2 aromatic carbocycles. The molecule has 7 nitrogen and oxygen atoms in total. The van der Waals surface area contributed by atoms with Crippen LogP contribution in [0.2, 0.25) is 5.02 Å². The zero-order valence-electron chi connectivity index (χ0n) is 19.6. The van der Waals surface area contributed by atoms with Crippen LogP contribution in [0.25, 0.3) is 0 Å². The van der Waals surface area contributed by atoms with Gasteiger partial charge in [0.05, 0.1) is 35.9 Å². The SMILES string of the molecule is CCC(Nc1ccc(C(COC)CC(=O)O)cc1Nc1ccc(Cl)cc1)C1CCS(=O)(=O)CC1. The number of carboxylic acids is 1. The predicted octanol–water partition coefficient (Wildman–Crippen LogP) is 5.30. The number of anilines is 3. The number of carbonyl (C=O) groups is 1. The molecule has 0 spiro atoms. The minimum atomic E-state index is -2.92. The Kier molecular flexibility index (Phi) is 9.22. The highest BCUT2D eigenvalue weighted by Crippen LogP contribution is 2.34. The average molecular weight is 509 g/mol. The summed E-state index contributed by atoms with van der Waals surface area (Å²) in [5.41, 5.74) is 3.41. The number of methoxy groups -OCH3 is 1. The second-order valence-corrected chi connectivity index (χ2v) is 11.6. The number of hydrogen-bond acceptors (Lipinski definition) is 6. The Morgan fingerprint density at radius 1 is 1.15 bits per heavy atom. The van der Waals surface area contributed by atoms with Gasteiger partial charge in [-0.05, 0) is 67.1 Å². The van der Waals surface area contributed by atoms with Gasteiger partial charge in [-0.2, -0.15) is 0 Å². The first-order valence-electron chi connectivity index (χ1n) is 11.5. The van der Waals surface area contributed by atoms with Gasteiger partial charge in [-0.3, -0.25) is 4.79 Å². The van der Waals surface area contributed by atoms with Gasteiger partial charge in [-0.15, -0.1) is 0 Å². The molecule has 186 valence electrons. The lowest BCUT2D eigenvalue weighted by Gasteiger charge is -2.32. The number of aliphatic carboxylic acids is 1. The summed E-state index contributed by atoms with van der Waals surface area (Å²) in [6, 6.07) is 13.3. The fourth-order valence-corrected chi connectivity index (χ4v) is 6.14. The number of rotatable bonds is 11. The van der Waals surface area contributed by atoms with Gasteiger partial charge in [0.25, 0.3) is 0 Å². The van der Waals surface area contributed by atoms with E-state index in [-0.39, 0.29) is 35.8 Å². The van der Waals surface area contributed by atoms with Crippen molar-refractivity contribution >= 4 is 44.5 Å². The number of nitrogens with one attached hydrogen (secondary N) is 2. The number of sulfone groups is 1. The molecule has 1 aliphatic heterocycles. The van der Waals surface area contributed by atoms with Crippen molar-refractivity contribution in [3.05, 3.63) is 53.1 Å². The van der Waals surface area contributed by atoms with E-state index in [4.69, 9.17) is 16.3 Å². The lowest BCUT2D eigenvalue weighted by atomic mass is 9.91. The van der Waals surface area contributed by atoms with E-state index in [1.165, 1.54) is 0 Å². The number of benzene rings is 2. The minimum Gasteiger partial charge on any atom is -0.481 e. The Balaban J connectivity index is 1.90. The summed E-state index contributed by atoms with van der Waals surface area (Å²) < 4.78 is 29.0. The van der Waals surface area contributed by atoms with Crippen LogP contribution in [0.5, 0.6) is 0 Å². The van der Waals surface area contributed by atoms with E-state index in [0.29, 0.717) is 24.5 Å². The van der Waals surface area contributed by atoms with E-state index in [1.807, 2.05) is 30.3 Å². The van der Waals surface area contributed by atoms with Crippen molar-refractivity contribution in [3.63, 3.8) is 0 Å². The summed E-state index contributed by atoms with van der Waals surface area (Å²) in [5, 5.41) is 17.1. The maximum Gasteiger partial charge on any atom is 0.304 e. The molecule has 0 saturated carbocycles. The van der Waals surface area contributed by atoms with Crippen LogP contribution in [-0.2, 0) is 19.4 Å². The Hall–Kier alpha value is -2.29. The van der Waals surface area contributed by atoms with Crippen LogP contribution < -0.4 is 10.6 Å². The molecule has 3 N–H and O–H groups in total. The molecule has 3 rings (SSSR count). The molecule has 2 aromatic rings. The maximum atomic E-state index is 11.9. The first kappa shape index (κ1) is 26.3. The second-order valence-electron chi connectivity index (χ2n) is 8.84. The van der Waals surface area contributed by atoms with E-state index in [9.17, 15) is 18.3 Å². The molecule has 9 heteroatoms. The van der Waals surface area contributed by atoms with Crippen LogP contribution in [0, 0.1) is 5.92 Å². The van der Waals surface area contributed by atoms with Crippen LogP contribution in [0.1, 0.15) is 44.1 Å². The lowest BCUT2D eigenvalue weighted by molar-refractivity contribution is -0.137. The van der Waals surface area contributed by atoms with Crippen LogP contribution in [0.3, 0.4) is 0 Å². The first-order chi connectivity index (χ1) is 16.2. The van der Waals surface area contributed by atoms with Crippen LogP contribution >= 0.6 is 11.6 Å². The standard InChI is InChI=1S/C25H33ClN2O5S/c1-3-22(17-10-12-34(31,32)13-11-17)28-23-9-4-18(19(16-33-2)15-25(29)30)14-24(23)27-21-7-5-20(26)6-8-21/h4-9,14,17,19,22,27-28H,3,10-13,15-16H2,1-2H3,(H,29,30). The Morgan fingerprint density at radius 3 is 2.41 bits per heavy atom. The summed E-state index contributed by atoms with van der Waals surface area (Å²) in [4.78, 5) is 11.4. The number of ether oxygens (including phenoxy) is 1. The molecule has 34 heavy (non-hydrogen) atoms. The minimum absolute atomic E-state index is 0.0326. The number of halogens is 1. The van der Waals surface area contributed by atoms with Crippen LogP contribution in [0.4, 0.5) is 17.1 Å². The normalized spacial score (nSPS) is 17.6. The summed E-state index contributed by atoms with van der Waals surface area (Å²) in [7, 11) is -1.36. The van der Waals surface area contributed by atoms with Crippen molar-refractivity contribution in [2.24, 2.45) is 5.92 Å². The Bertz CT molecular complexity index is 1060. The molecule has 0 aromatic heterocycles. The third-order valence-electron chi connectivity index (χ3n) is 6.38. The zero-order chi connectivity index (χ0) is 24.7. The number of hydrogen-bond donors (Lipinski definition) is 3. The van der Waals surface area contributed by atoms with E-state index >= 15 is 0 Å². The molecule has 1 heterocycles. The number of carboxylic acid groups (broad SMARTS) is 1. The third-order valence-corrected chi connectivity index (χ3v) is 8.34.